The van der Waals surface area contributed by atoms with Crippen molar-refractivity contribution in [3.8, 4) is 0 Å². The number of imidazole rings is 1. The monoisotopic (exact) mass is 329 g/mol. The molecule has 6 heteroatoms. The number of nitrogens with zero attached hydrogens (tertiary/aromatic N) is 5. The second-order valence-electron chi connectivity index (χ2n) is 6.39. The number of para-hydroxylation sites is 2. The Bertz CT molecular complexity index is 730. The van der Waals surface area contributed by atoms with Gasteiger partial charge in [-0.1, -0.05) is 30.8 Å². The fraction of sp³-hybridized carbons (Fsp3) is 0.529. The fourth-order valence-corrected chi connectivity index (χ4v) is 4.26. The van der Waals surface area contributed by atoms with Crippen LogP contribution >= 0.6 is 11.8 Å². The summed E-state index contributed by atoms with van der Waals surface area (Å²) in [5, 5.41) is 1.89. The zero-order valence-electron chi connectivity index (χ0n) is 13.8. The zero-order valence-corrected chi connectivity index (χ0v) is 14.6. The van der Waals surface area contributed by atoms with E-state index in [1.54, 1.807) is 0 Å². The van der Waals surface area contributed by atoms with E-state index in [9.17, 15) is 0 Å². The molecule has 0 unspecified atom stereocenters. The average molecular weight is 329 g/mol. The van der Waals surface area contributed by atoms with E-state index in [4.69, 9.17) is 4.98 Å². The first-order valence-corrected chi connectivity index (χ1v) is 9.17. The third-order valence-corrected chi connectivity index (χ3v) is 5.83. The number of aromatic nitrogens is 2. The van der Waals surface area contributed by atoms with Crippen LogP contribution in [0.3, 0.4) is 0 Å². The van der Waals surface area contributed by atoms with Crippen molar-refractivity contribution in [2.24, 2.45) is 12.0 Å². The third kappa shape index (κ3) is 2.97. The van der Waals surface area contributed by atoms with Crippen LogP contribution < -0.4 is 0 Å². The molecule has 0 amide bonds. The van der Waals surface area contributed by atoms with Gasteiger partial charge in [0, 0.05) is 38.5 Å². The molecule has 122 valence electrons. The first-order valence-electron chi connectivity index (χ1n) is 8.29. The Morgan fingerprint density at radius 1 is 1.17 bits per heavy atom. The lowest BCUT2D eigenvalue weighted by Crippen LogP contribution is -2.47. The van der Waals surface area contributed by atoms with Gasteiger partial charge in [-0.05, 0) is 12.1 Å². The first-order chi connectivity index (χ1) is 11.2. The van der Waals surface area contributed by atoms with Gasteiger partial charge in [-0.15, -0.1) is 0 Å². The molecule has 5 nitrogen and oxygen atoms in total. The number of fused-ring (bicyclic) bond motifs is 1. The van der Waals surface area contributed by atoms with Gasteiger partial charge < -0.3 is 9.47 Å². The summed E-state index contributed by atoms with van der Waals surface area (Å²) in [6.07, 6.45) is 0. The molecule has 2 aliphatic heterocycles. The van der Waals surface area contributed by atoms with Gasteiger partial charge >= 0.3 is 0 Å². The Balaban J connectivity index is 1.40. The largest absolute Gasteiger partial charge is 0.349 e. The first kappa shape index (κ1) is 15.0. The van der Waals surface area contributed by atoms with Crippen LogP contribution in [0.2, 0.25) is 0 Å². The predicted molar refractivity (Wildman–Crippen MR) is 96.9 cm³/mol. The van der Waals surface area contributed by atoms with Crippen molar-refractivity contribution >= 4 is 28.0 Å². The lowest BCUT2D eigenvalue weighted by molar-refractivity contribution is 0.173. The van der Waals surface area contributed by atoms with Crippen LogP contribution in [0.5, 0.6) is 0 Å². The third-order valence-electron chi connectivity index (χ3n) is 4.68. The van der Waals surface area contributed by atoms with Crippen molar-refractivity contribution in [2.45, 2.75) is 18.7 Å². The molecule has 23 heavy (non-hydrogen) atoms. The molecule has 2 aromatic rings. The quantitative estimate of drug-likeness (QED) is 0.846. The molecule has 2 aliphatic rings. The molecule has 0 saturated carbocycles. The number of hydrogen-bond donors (Lipinski definition) is 0. The standard InChI is InChI=1S/C17H23N5S/c1-13-11-18-17(23-13)22-9-7-21(8-10-22)12-16-19-14-5-3-4-6-15(14)20(16)2/h3-6,13H,7-12H2,1-2H3/t13-/m0/s1. The summed E-state index contributed by atoms with van der Waals surface area (Å²) < 4.78 is 2.22. The second-order valence-corrected chi connectivity index (χ2v) is 7.80. The molecule has 1 saturated heterocycles. The van der Waals surface area contributed by atoms with E-state index in [1.165, 1.54) is 10.7 Å². The summed E-state index contributed by atoms with van der Waals surface area (Å²) in [5.41, 5.74) is 2.31. The normalized spacial score (nSPS) is 22.8. The van der Waals surface area contributed by atoms with Crippen LogP contribution in [0.25, 0.3) is 11.0 Å². The van der Waals surface area contributed by atoms with Gasteiger partial charge in [-0.3, -0.25) is 9.89 Å². The van der Waals surface area contributed by atoms with Gasteiger partial charge in [0.15, 0.2) is 5.17 Å². The van der Waals surface area contributed by atoms with E-state index in [2.05, 4.69) is 57.6 Å². The summed E-state index contributed by atoms with van der Waals surface area (Å²) in [6.45, 7) is 8.46. The Hall–Kier alpha value is -1.53. The number of benzene rings is 1. The van der Waals surface area contributed by atoms with Gasteiger partial charge in [-0.2, -0.15) is 0 Å². The maximum absolute atomic E-state index is 4.79. The Morgan fingerprint density at radius 2 is 1.96 bits per heavy atom. The summed E-state index contributed by atoms with van der Waals surface area (Å²) >= 11 is 1.92. The highest BCUT2D eigenvalue weighted by Crippen LogP contribution is 2.24. The predicted octanol–water partition coefficient (Wildman–Crippen LogP) is 2.18. The maximum atomic E-state index is 4.79. The molecule has 1 fully saturated rings. The van der Waals surface area contributed by atoms with E-state index < -0.39 is 0 Å². The van der Waals surface area contributed by atoms with Crippen LogP contribution in [-0.4, -0.2) is 62.5 Å². The zero-order chi connectivity index (χ0) is 15.8. The van der Waals surface area contributed by atoms with Crippen LogP contribution in [0.1, 0.15) is 12.7 Å². The summed E-state index contributed by atoms with van der Waals surface area (Å²) in [5.74, 6) is 1.15. The number of hydrogen-bond acceptors (Lipinski definition) is 5. The topological polar surface area (TPSA) is 36.7 Å². The summed E-state index contributed by atoms with van der Waals surface area (Å²) in [6, 6.07) is 8.36. The maximum Gasteiger partial charge on any atom is 0.159 e. The Labute approximate surface area is 141 Å². The molecule has 1 aromatic carbocycles. The van der Waals surface area contributed by atoms with Crippen molar-refractivity contribution in [3.05, 3.63) is 30.1 Å². The minimum absolute atomic E-state index is 0.642. The molecule has 0 N–H and O–H groups in total. The molecule has 0 aliphatic carbocycles. The molecule has 1 aromatic heterocycles. The molecule has 0 spiro atoms. The van der Waals surface area contributed by atoms with Crippen molar-refractivity contribution in [1.82, 2.24) is 19.4 Å². The van der Waals surface area contributed by atoms with Crippen molar-refractivity contribution in [3.63, 3.8) is 0 Å². The Kier molecular flexibility index (Phi) is 4.03. The number of piperazine rings is 1. The van der Waals surface area contributed by atoms with E-state index in [0.29, 0.717) is 5.25 Å². The smallest absolute Gasteiger partial charge is 0.159 e. The van der Waals surface area contributed by atoms with Crippen LogP contribution in [0.4, 0.5) is 0 Å². The number of aliphatic imine (C=N–C) groups is 1. The number of thioether (sulfide) groups is 1. The fourth-order valence-electron chi connectivity index (χ4n) is 3.27. The van der Waals surface area contributed by atoms with Crippen LogP contribution in [0, 0.1) is 0 Å². The number of rotatable bonds is 2. The molecule has 3 heterocycles. The summed E-state index contributed by atoms with van der Waals surface area (Å²) in [7, 11) is 2.12. The highest BCUT2D eigenvalue weighted by molar-refractivity contribution is 8.14. The second kappa shape index (κ2) is 6.17. The summed E-state index contributed by atoms with van der Waals surface area (Å²) in [4.78, 5) is 14.4. The van der Waals surface area contributed by atoms with Gasteiger partial charge in [0.05, 0.1) is 24.1 Å². The highest BCUT2D eigenvalue weighted by atomic mass is 32.2. The molecular formula is C17H23N5S. The van der Waals surface area contributed by atoms with E-state index in [0.717, 1.165) is 50.6 Å². The van der Waals surface area contributed by atoms with Gasteiger partial charge in [0.25, 0.3) is 0 Å². The molecule has 1 atom stereocenters. The average Bonchev–Trinajstić information content (AvgIpc) is 3.13. The Morgan fingerprint density at radius 3 is 2.65 bits per heavy atom. The van der Waals surface area contributed by atoms with Crippen molar-refractivity contribution < 1.29 is 0 Å². The minimum Gasteiger partial charge on any atom is -0.349 e. The minimum atomic E-state index is 0.642. The van der Waals surface area contributed by atoms with Crippen LogP contribution in [-0.2, 0) is 13.6 Å². The highest BCUT2D eigenvalue weighted by Gasteiger charge is 2.25. The number of aryl methyl sites for hydroxylation is 1. The lowest BCUT2D eigenvalue weighted by atomic mass is 10.3. The van der Waals surface area contributed by atoms with Crippen molar-refractivity contribution in [1.29, 1.82) is 0 Å². The molecule has 0 radical (unpaired) electrons. The van der Waals surface area contributed by atoms with Crippen molar-refractivity contribution in [2.75, 3.05) is 32.7 Å². The van der Waals surface area contributed by atoms with Crippen LogP contribution in [0.15, 0.2) is 29.3 Å². The molecule has 0 bridgehead atoms. The van der Waals surface area contributed by atoms with Gasteiger partial charge in [-0.25, -0.2) is 4.98 Å². The van der Waals surface area contributed by atoms with E-state index in [1.807, 2.05) is 11.8 Å². The van der Waals surface area contributed by atoms with E-state index in [-0.39, 0.29) is 0 Å². The SMILES string of the molecule is C[C@H]1CN=C(N2CCN(Cc3nc4ccccc4n3C)CC2)S1. The lowest BCUT2D eigenvalue weighted by Gasteiger charge is -2.35. The van der Waals surface area contributed by atoms with Gasteiger partial charge in [0.1, 0.15) is 5.82 Å². The molecular weight excluding hydrogens is 306 g/mol. The van der Waals surface area contributed by atoms with E-state index >= 15 is 0 Å². The van der Waals surface area contributed by atoms with Gasteiger partial charge in [0.2, 0.25) is 0 Å². The molecule has 4 rings (SSSR count). The number of amidine groups is 1.